The van der Waals surface area contributed by atoms with E-state index in [2.05, 4.69) is 117 Å². The van der Waals surface area contributed by atoms with Crippen LogP contribution in [-0.4, -0.2) is 107 Å². The summed E-state index contributed by atoms with van der Waals surface area (Å²) >= 11 is 34.4. The first-order valence-electron chi connectivity index (χ1n) is 29.2. The van der Waals surface area contributed by atoms with E-state index in [0.717, 1.165) is 105 Å². The SMILES string of the molecule is C.C.COCCl.COCOc1c(C)cc(C)cc1Br.COCOc1c(C)cc(C)cc1C(=O)O.Cc1cc(C(=O)O)cc(C)n1.Cc1cc(C)c(O)c(Br)c1.Cc1cc(C)nc(C)c1.Cc1cc(CBr)cc(C)n1.Cc1cc(CO)cc(C)n1.Cc1ccc(O)c(C)c1.ClC(Cl)(Cl)Cl.[Na+].[OH-]. The van der Waals surface area contributed by atoms with Gasteiger partial charge in [0.1, 0.15) is 34.6 Å². The Kier molecular flexibility index (Phi) is 61.3. The van der Waals surface area contributed by atoms with Crippen LogP contribution in [0.3, 0.4) is 0 Å². The number of nitrogens with zero attached hydrogens (tertiary/aromatic N) is 4. The minimum atomic E-state index is -1.61. The van der Waals surface area contributed by atoms with E-state index in [4.69, 9.17) is 97.4 Å². The smallest absolute Gasteiger partial charge is 0.870 e. The molecule has 0 aliphatic carbocycles. The number of carbonyl (C=O) groups is 2. The predicted molar refractivity (Wildman–Crippen MR) is 419 cm³/mol. The molecule has 26 heteroatoms. The van der Waals surface area contributed by atoms with Gasteiger partial charge in [-0.3, -0.25) is 19.9 Å². The third kappa shape index (κ3) is 50.6. The van der Waals surface area contributed by atoms with Gasteiger partial charge in [0.05, 0.1) is 21.1 Å². The molecule has 0 spiro atoms. The fourth-order valence-electron chi connectivity index (χ4n) is 8.35. The zero-order chi connectivity index (χ0) is 74.2. The number of aryl methyl sites for hydroxylation is 17. The number of aromatic carboxylic acids is 2. The molecule has 0 bridgehead atoms. The molecule has 0 atom stereocenters. The molecule has 6 N–H and O–H groups in total. The van der Waals surface area contributed by atoms with E-state index in [0.29, 0.717) is 28.9 Å². The second kappa shape index (κ2) is 57.7. The number of alkyl halides is 6. The van der Waals surface area contributed by atoms with E-state index in [1.54, 1.807) is 52.3 Å². The second-order valence-electron chi connectivity index (χ2n) is 21.5. The molecule has 4 aromatic carbocycles. The number of aliphatic hydroxyl groups excluding tert-OH is 1. The maximum absolute atomic E-state index is 11.0. The van der Waals surface area contributed by atoms with E-state index in [-0.39, 0.29) is 75.6 Å². The maximum Gasteiger partial charge on any atom is 1.00 e. The van der Waals surface area contributed by atoms with E-state index < -0.39 is 15.2 Å². The Morgan fingerprint density at radius 3 is 1.11 bits per heavy atom. The Balaban J connectivity index is -0.000000248. The number of hydrogen-bond donors (Lipinski definition) is 5. The Morgan fingerprint density at radius 1 is 0.460 bits per heavy atom. The van der Waals surface area contributed by atoms with Crippen LogP contribution in [0.4, 0.5) is 0 Å². The molecule has 0 fully saturated rings. The molecule has 552 valence electrons. The molecular formula is C74H101Br3Cl5N4NaO13. The number of halogens is 8. The number of pyridine rings is 4. The van der Waals surface area contributed by atoms with Gasteiger partial charge in [-0.1, -0.05) is 125 Å². The van der Waals surface area contributed by atoms with Gasteiger partial charge in [0.25, 0.3) is 3.25 Å². The van der Waals surface area contributed by atoms with Gasteiger partial charge in [-0.25, -0.2) is 9.59 Å². The number of hydrogen-bond acceptors (Lipinski definition) is 15. The number of rotatable bonds is 11. The van der Waals surface area contributed by atoms with Crippen LogP contribution >= 0.6 is 106 Å². The first kappa shape index (κ1) is 106. The summed E-state index contributed by atoms with van der Waals surface area (Å²) in [5.41, 5.74) is 20.0. The number of benzene rings is 4. The van der Waals surface area contributed by atoms with Crippen molar-refractivity contribution in [3.8, 4) is 23.0 Å². The van der Waals surface area contributed by atoms with Crippen molar-refractivity contribution in [3.05, 3.63) is 230 Å². The number of phenolic OH excluding ortho intramolecular Hbond substituents is 2. The van der Waals surface area contributed by atoms with E-state index in [9.17, 15) is 14.7 Å². The van der Waals surface area contributed by atoms with Gasteiger partial charge in [-0.15, -0.1) is 0 Å². The van der Waals surface area contributed by atoms with Crippen molar-refractivity contribution in [2.75, 3.05) is 41.0 Å². The number of carboxylic acids is 2. The van der Waals surface area contributed by atoms with Crippen LogP contribution in [0.5, 0.6) is 23.0 Å². The van der Waals surface area contributed by atoms with Crippen molar-refractivity contribution in [1.29, 1.82) is 0 Å². The van der Waals surface area contributed by atoms with Crippen LogP contribution in [0.2, 0.25) is 0 Å². The number of ether oxygens (including phenoxy) is 5. The maximum atomic E-state index is 11.0. The molecule has 4 heterocycles. The monoisotopic (exact) mass is 1690 g/mol. The average Bonchev–Trinajstić information content (AvgIpc) is 0.836. The molecule has 100 heavy (non-hydrogen) atoms. The first-order chi connectivity index (χ1) is 44.6. The molecule has 0 saturated heterocycles. The number of phenols is 2. The Morgan fingerprint density at radius 2 is 0.790 bits per heavy atom. The quantitative estimate of drug-likeness (QED) is 0.0458. The third-order valence-corrected chi connectivity index (χ3v) is 13.8. The summed E-state index contributed by atoms with van der Waals surface area (Å²) in [6, 6.07) is 32.4. The fraction of sp³-hybridized carbons (Fsp3) is 0.378. The molecule has 0 unspecified atom stereocenters. The molecule has 0 aliphatic rings. The minimum absolute atomic E-state index is 0. The molecule has 17 nitrogen and oxygen atoms in total. The number of aromatic hydroxyl groups is 2. The van der Waals surface area contributed by atoms with E-state index >= 15 is 0 Å². The summed E-state index contributed by atoms with van der Waals surface area (Å²) in [5.74, 6) is 0.0418. The topological polar surface area (TPSA) is 263 Å². The van der Waals surface area contributed by atoms with Crippen molar-refractivity contribution in [2.24, 2.45) is 0 Å². The number of carboxylic acid groups (broad SMARTS) is 2. The Hall–Kier alpha value is -4.69. The summed E-state index contributed by atoms with van der Waals surface area (Å²) in [4.78, 5) is 38.2. The second-order valence-corrected chi connectivity index (χ2v) is 27.4. The molecule has 0 radical (unpaired) electrons. The molecule has 8 rings (SSSR count). The zero-order valence-corrected chi connectivity index (χ0v) is 70.2. The van der Waals surface area contributed by atoms with Gasteiger partial charge in [0.15, 0.2) is 13.6 Å². The van der Waals surface area contributed by atoms with Crippen molar-refractivity contribution in [1.82, 2.24) is 19.9 Å². The van der Waals surface area contributed by atoms with Gasteiger partial charge < -0.3 is 54.7 Å². The third-order valence-electron chi connectivity index (χ3n) is 11.7. The van der Waals surface area contributed by atoms with Crippen LogP contribution in [0.1, 0.15) is 142 Å². The summed E-state index contributed by atoms with van der Waals surface area (Å²) in [6.07, 6.45) is 0. The van der Waals surface area contributed by atoms with Crippen molar-refractivity contribution >= 4 is 118 Å². The fourth-order valence-corrected chi connectivity index (χ4v) is 10.1. The number of aromatic nitrogens is 4. The molecule has 0 amide bonds. The van der Waals surface area contributed by atoms with Gasteiger partial charge >= 0.3 is 41.5 Å². The predicted octanol–water partition coefficient (Wildman–Crippen LogP) is 18.5. The number of methoxy groups -OCH3 is 3. The summed E-state index contributed by atoms with van der Waals surface area (Å²) in [7, 11) is 4.65. The summed E-state index contributed by atoms with van der Waals surface area (Å²) in [6.45, 7) is 33.5. The van der Waals surface area contributed by atoms with E-state index in [1.807, 2.05) is 139 Å². The minimum Gasteiger partial charge on any atom is -0.870 e. The van der Waals surface area contributed by atoms with Crippen LogP contribution < -0.4 is 39.0 Å². The zero-order valence-electron chi connectivity index (χ0n) is 59.7. The van der Waals surface area contributed by atoms with Crippen LogP contribution in [0.25, 0.3) is 0 Å². The van der Waals surface area contributed by atoms with Crippen molar-refractivity contribution in [3.63, 3.8) is 0 Å². The van der Waals surface area contributed by atoms with Crippen LogP contribution in [-0.2, 0) is 26.1 Å². The molecule has 0 aliphatic heterocycles. The molecular weight excluding hydrogens is 1590 g/mol. The van der Waals surface area contributed by atoms with Crippen LogP contribution in [0.15, 0.2) is 112 Å². The average molecular weight is 1690 g/mol. The van der Waals surface area contributed by atoms with Crippen molar-refractivity contribution < 1.29 is 93.8 Å². The van der Waals surface area contributed by atoms with Gasteiger partial charge in [-0.05, 0) is 278 Å². The Labute approximate surface area is 667 Å². The molecule has 8 aromatic rings. The normalized spacial score (nSPS) is 9.49. The number of aliphatic hydroxyl groups is 1. The van der Waals surface area contributed by atoms with Crippen LogP contribution in [0, 0.1) is 118 Å². The molecule has 0 saturated carbocycles. The van der Waals surface area contributed by atoms with Crippen molar-refractivity contribution in [2.45, 2.75) is 148 Å². The standard InChI is InChI=1S/C11H14O4.C10H13BrO2.C8H10BrN.C8H9BrO.C8H9NO2.C8H11NO.C8H11N.C8H10O.C2H5ClO.CCl4.2CH4.Na.H2O/c1-7-4-8(2)10(15-6-14-3)9(5-7)11(12)13;1-7-4-8(2)10(9(11)5-7)13-6-12-3;1-6-3-8(5-9)4-7(2)10-6;1-5-3-6(2)8(10)7(9)4-5;1-5-3-7(8(10)11)4-6(2)9-5;1-6-3-8(5-10)4-7(2)9-6;1-6-4-7(2)9-8(3)5-6;1-6-3-4-8(9)7(2)5-6;1-4-2-3;2-1(3,4)5;;;;/h4-5H,6H2,1-3H3,(H,12,13);4-5H,6H2,1-3H3;3-4H,5H2,1-2H3;3-4,10H,1-2H3;3-4H,1-2H3,(H,10,11);3-4,10H,5H2,1-2H3;4-5H,1-3H3;3-5,9H,1-2H3;2H2,1H3;;2*1H4;;1H2/q;;;;;;;;;;;;+1;/p-1. The summed E-state index contributed by atoms with van der Waals surface area (Å²) < 4.78 is 24.7. The van der Waals surface area contributed by atoms with Gasteiger partial charge in [-0.2, -0.15) is 0 Å². The largest absolute Gasteiger partial charge is 1.00 e. The molecule has 4 aromatic heterocycles. The first-order valence-corrected chi connectivity index (χ1v) is 33.9. The summed E-state index contributed by atoms with van der Waals surface area (Å²) in [5, 5.41) is 45.6. The van der Waals surface area contributed by atoms with Gasteiger partial charge in [0, 0.05) is 72.2 Å². The Bertz CT molecular complexity index is 3450. The van der Waals surface area contributed by atoms with Gasteiger partial charge in [0.2, 0.25) is 0 Å². The van der Waals surface area contributed by atoms with E-state index in [1.165, 1.54) is 29.4 Å².